The number of rotatable bonds is 5. The molecule has 1 unspecified atom stereocenters. The van der Waals surface area contributed by atoms with Crippen LogP contribution in [-0.2, 0) is 0 Å². The third-order valence-electron chi connectivity index (χ3n) is 2.87. The number of nitrogens with zero attached hydrogens (tertiary/aromatic N) is 1. The Kier molecular flexibility index (Phi) is 3.97. The molecule has 0 aliphatic heterocycles. The van der Waals surface area contributed by atoms with Crippen LogP contribution in [0.3, 0.4) is 0 Å². The lowest BCUT2D eigenvalue weighted by Crippen LogP contribution is -2.01. The average Bonchev–Trinajstić information content (AvgIpc) is 2.78. The van der Waals surface area contributed by atoms with Gasteiger partial charge in [0.1, 0.15) is 5.75 Å². The van der Waals surface area contributed by atoms with Crippen molar-refractivity contribution in [3.63, 3.8) is 0 Å². The van der Waals surface area contributed by atoms with Crippen LogP contribution in [0.15, 0.2) is 18.2 Å². The van der Waals surface area contributed by atoms with Crippen molar-refractivity contribution in [1.82, 2.24) is 4.98 Å². The lowest BCUT2D eigenvalue weighted by atomic mass is 10.1. The van der Waals surface area contributed by atoms with Gasteiger partial charge in [0.15, 0.2) is 0 Å². The summed E-state index contributed by atoms with van der Waals surface area (Å²) in [6.45, 7) is 2.97. The Morgan fingerprint density at radius 1 is 1.47 bits per heavy atom. The topological polar surface area (TPSA) is 48.1 Å². The number of aromatic nitrogens is 1. The zero-order chi connectivity index (χ0) is 12.3. The first-order valence-electron chi connectivity index (χ1n) is 5.89. The Bertz CT molecular complexity index is 495. The monoisotopic (exact) mass is 250 g/mol. The van der Waals surface area contributed by atoms with Crippen LogP contribution < -0.4 is 10.5 Å². The molecule has 0 aliphatic rings. The van der Waals surface area contributed by atoms with Gasteiger partial charge in [0.05, 0.1) is 22.3 Å². The summed E-state index contributed by atoms with van der Waals surface area (Å²) in [6.07, 6.45) is 2.16. The van der Waals surface area contributed by atoms with Gasteiger partial charge in [0.25, 0.3) is 0 Å². The third kappa shape index (κ3) is 2.76. The van der Waals surface area contributed by atoms with E-state index in [-0.39, 0.29) is 0 Å². The predicted molar refractivity (Wildman–Crippen MR) is 72.9 cm³/mol. The second kappa shape index (κ2) is 5.47. The van der Waals surface area contributed by atoms with E-state index in [4.69, 9.17) is 10.5 Å². The number of thiazole rings is 1. The van der Waals surface area contributed by atoms with Crippen LogP contribution in [0.25, 0.3) is 10.2 Å². The zero-order valence-corrected chi connectivity index (χ0v) is 11.1. The molecule has 3 nitrogen and oxygen atoms in total. The third-order valence-corrected chi connectivity index (χ3v) is 4.12. The first kappa shape index (κ1) is 12.3. The number of nitrogens with two attached hydrogens (primary N) is 1. The highest BCUT2D eigenvalue weighted by molar-refractivity contribution is 7.18. The molecule has 0 amide bonds. The first-order chi connectivity index (χ1) is 8.24. The van der Waals surface area contributed by atoms with Crippen molar-refractivity contribution >= 4 is 21.6 Å². The van der Waals surface area contributed by atoms with Crippen molar-refractivity contribution in [2.75, 3.05) is 13.7 Å². The van der Waals surface area contributed by atoms with E-state index in [1.165, 1.54) is 9.71 Å². The smallest absolute Gasteiger partial charge is 0.120 e. The van der Waals surface area contributed by atoms with Crippen LogP contribution in [0.5, 0.6) is 5.75 Å². The Balaban J connectivity index is 2.24. The quantitative estimate of drug-likeness (QED) is 0.886. The summed E-state index contributed by atoms with van der Waals surface area (Å²) in [6, 6.07) is 6.02. The number of methoxy groups -OCH3 is 1. The largest absolute Gasteiger partial charge is 0.497 e. The highest BCUT2D eigenvalue weighted by Gasteiger charge is 2.11. The molecule has 0 saturated heterocycles. The van der Waals surface area contributed by atoms with Crippen LogP contribution in [0.4, 0.5) is 0 Å². The van der Waals surface area contributed by atoms with Gasteiger partial charge in [-0.25, -0.2) is 4.98 Å². The van der Waals surface area contributed by atoms with Crippen LogP contribution in [-0.4, -0.2) is 18.6 Å². The molecular weight excluding hydrogens is 232 g/mol. The van der Waals surface area contributed by atoms with Gasteiger partial charge in [-0.3, -0.25) is 0 Å². The molecule has 0 fully saturated rings. The molecule has 0 aliphatic carbocycles. The number of fused-ring (bicyclic) bond motifs is 1. The predicted octanol–water partition coefficient (Wildman–Crippen LogP) is 3.15. The molecule has 92 valence electrons. The fourth-order valence-electron chi connectivity index (χ4n) is 1.81. The normalized spacial score (nSPS) is 12.9. The molecule has 1 aromatic carbocycles. The summed E-state index contributed by atoms with van der Waals surface area (Å²) in [5.74, 6) is 1.38. The molecule has 1 heterocycles. The van der Waals surface area contributed by atoms with Crippen molar-refractivity contribution < 1.29 is 4.74 Å². The summed E-state index contributed by atoms with van der Waals surface area (Å²) in [4.78, 5) is 4.66. The van der Waals surface area contributed by atoms with E-state index < -0.39 is 0 Å². The van der Waals surface area contributed by atoms with Crippen molar-refractivity contribution in [3.8, 4) is 5.75 Å². The van der Waals surface area contributed by atoms with Gasteiger partial charge in [0.2, 0.25) is 0 Å². The van der Waals surface area contributed by atoms with Crippen LogP contribution in [0.1, 0.15) is 30.7 Å². The highest BCUT2D eigenvalue weighted by Crippen LogP contribution is 2.31. The van der Waals surface area contributed by atoms with Crippen LogP contribution in [0, 0.1) is 0 Å². The Morgan fingerprint density at radius 2 is 2.29 bits per heavy atom. The summed E-state index contributed by atoms with van der Waals surface area (Å²) >= 11 is 1.75. The summed E-state index contributed by atoms with van der Waals surface area (Å²) in [7, 11) is 1.69. The fourth-order valence-corrected chi connectivity index (χ4v) is 2.89. The van der Waals surface area contributed by atoms with Gasteiger partial charge in [-0.2, -0.15) is 0 Å². The molecule has 2 N–H and O–H groups in total. The lowest BCUT2D eigenvalue weighted by Gasteiger charge is -2.05. The molecule has 1 aromatic heterocycles. The number of benzene rings is 1. The van der Waals surface area contributed by atoms with E-state index in [2.05, 4.69) is 11.9 Å². The maximum Gasteiger partial charge on any atom is 0.120 e. The summed E-state index contributed by atoms with van der Waals surface area (Å²) in [5, 5.41) is 1.20. The SMILES string of the molecule is COc1ccc2nc(C(C)CCCN)sc2c1. The van der Waals surface area contributed by atoms with E-state index in [0.717, 1.165) is 30.7 Å². The molecule has 2 aromatic rings. The minimum Gasteiger partial charge on any atom is -0.497 e. The van der Waals surface area contributed by atoms with Gasteiger partial charge in [-0.05, 0) is 37.6 Å². The van der Waals surface area contributed by atoms with Gasteiger partial charge >= 0.3 is 0 Å². The average molecular weight is 250 g/mol. The maximum absolute atomic E-state index is 5.53. The summed E-state index contributed by atoms with van der Waals surface area (Å²) in [5.41, 5.74) is 6.59. The Hall–Kier alpha value is -1.13. The summed E-state index contributed by atoms with van der Waals surface area (Å²) < 4.78 is 6.41. The molecular formula is C13H18N2OS. The highest BCUT2D eigenvalue weighted by atomic mass is 32.1. The molecule has 0 spiro atoms. The zero-order valence-electron chi connectivity index (χ0n) is 10.3. The molecule has 17 heavy (non-hydrogen) atoms. The Morgan fingerprint density at radius 3 is 3.00 bits per heavy atom. The second-order valence-electron chi connectivity index (χ2n) is 4.22. The van der Waals surface area contributed by atoms with E-state index in [1.54, 1.807) is 18.4 Å². The second-order valence-corrected chi connectivity index (χ2v) is 5.28. The van der Waals surface area contributed by atoms with Crippen molar-refractivity contribution in [1.29, 1.82) is 0 Å². The molecule has 0 radical (unpaired) electrons. The van der Waals surface area contributed by atoms with E-state index in [0.29, 0.717) is 5.92 Å². The minimum absolute atomic E-state index is 0.488. The van der Waals surface area contributed by atoms with Crippen LogP contribution >= 0.6 is 11.3 Å². The van der Waals surface area contributed by atoms with Gasteiger partial charge < -0.3 is 10.5 Å². The number of hydrogen-bond acceptors (Lipinski definition) is 4. The van der Waals surface area contributed by atoms with Crippen molar-refractivity contribution in [2.24, 2.45) is 5.73 Å². The Labute approximate surface area is 106 Å². The standard InChI is InChI=1S/C13H18N2OS/c1-9(4-3-7-14)13-15-11-6-5-10(16-2)8-12(11)17-13/h5-6,8-9H,3-4,7,14H2,1-2H3. The maximum atomic E-state index is 5.53. The van der Waals surface area contributed by atoms with Crippen molar-refractivity contribution in [3.05, 3.63) is 23.2 Å². The van der Waals surface area contributed by atoms with Gasteiger partial charge in [-0.15, -0.1) is 11.3 Å². The fraction of sp³-hybridized carbons (Fsp3) is 0.462. The number of hydrogen-bond donors (Lipinski definition) is 1. The molecule has 0 bridgehead atoms. The van der Waals surface area contributed by atoms with E-state index in [1.807, 2.05) is 18.2 Å². The molecule has 2 rings (SSSR count). The number of ether oxygens (including phenoxy) is 1. The van der Waals surface area contributed by atoms with Gasteiger partial charge in [-0.1, -0.05) is 6.92 Å². The van der Waals surface area contributed by atoms with E-state index >= 15 is 0 Å². The first-order valence-corrected chi connectivity index (χ1v) is 6.70. The van der Waals surface area contributed by atoms with E-state index in [9.17, 15) is 0 Å². The lowest BCUT2D eigenvalue weighted by molar-refractivity contribution is 0.415. The molecule has 4 heteroatoms. The minimum atomic E-state index is 0.488. The van der Waals surface area contributed by atoms with Crippen molar-refractivity contribution in [2.45, 2.75) is 25.7 Å². The van der Waals surface area contributed by atoms with Gasteiger partial charge in [0, 0.05) is 5.92 Å². The molecule has 1 atom stereocenters. The van der Waals surface area contributed by atoms with Crippen LogP contribution in [0.2, 0.25) is 0 Å². The molecule has 0 saturated carbocycles.